The highest BCUT2D eigenvalue weighted by Crippen LogP contribution is 2.25. The van der Waals surface area contributed by atoms with Gasteiger partial charge in [0, 0.05) is 16.0 Å². The molecule has 0 spiro atoms. The number of nitrogens with zero attached hydrogens (tertiary/aromatic N) is 2. The molecule has 4 aromatic rings. The number of halogens is 1. The van der Waals surface area contributed by atoms with E-state index in [1.165, 1.54) is 22.7 Å². The molecule has 6 nitrogen and oxygen atoms in total. The highest BCUT2D eigenvalue weighted by molar-refractivity contribution is 7.22. The summed E-state index contributed by atoms with van der Waals surface area (Å²) in [5.74, 6) is -0.489. The second kappa shape index (κ2) is 8.05. The van der Waals surface area contributed by atoms with E-state index in [-0.39, 0.29) is 18.2 Å². The number of carbonyl (C=O) groups is 2. The molecule has 0 aliphatic carbocycles. The molecule has 4 rings (SSSR count). The van der Waals surface area contributed by atoms with Crippen LogP contribution in [0.2, 0.25) is 5.02 Å². The standard InChI is InChI=1S/C19H13ClN4O2S2/c20-12-7-5-11(6-8-12)17(26)24-18-21-13(10-27-18)9-16(25)23-19-22-14-3-1-2-4-15(14)28-19/h1-8,10H,9H2,(H,21,24,26)(H,22,23,25). The topological polar surface area (TPSA) is 84.0 Å². The Kier molecular flexibility index (Phi) is 5.34. The van der Waals surface area contributed by atoms with Gasteiger partial charge in [-0.15, -0.1) is 11.3 Å². The molecule has 9 heteroatoms. The normalized spacial score (nSPS) is 10.8. The molecule has 0 atom stereocenters. The Morgan fingerprint density at radius 2 is 1.75 bits per heavy atom. The van der Waals surface area contributed by atoms with Crippen LogP contribution in [0, 0.1) is 0 Å². The predicted octanol–water partition coefficient (Wildman–Crippen LogP) is 4.84. The number of benzene rings is 2. The lowest BCUT2D eigenvalue weighted by Gasteiger charge is -2.01. The lowest BCUT2D eigenvalue weighted by atomic mass is 10.2. The minimum Gasteiger partial charge on any atom is -0.302 e. The Morgan fingerprint density at radius 3 is 2.54 bits per heavy atom. The SMILES string of the molecule is O=C(Cc1csc(NC(=O)c2ccc(Cl)cc2)n1)Nc1nc2ccccc2s1. The van der Waals surface area contributed by atoms with E-state index in [2.05, 4.69) is 20.6 Å². The molecular weight excluding hydrogens is 416 g/mol. The van der Waals surface area contributed by atoms with Crippen LogP contribution in [0.25, 0.3) is 10.2 Å². The summed E-state index contributed by atoms with van der Waals surface area (Å²) >= 11 is 8.51. The Bertz CT molecular complexity index is 1120. The highest BCUT2D eigenvalue weighted by atomic mass is 35.5. The third kappa shape index (κ3) is 4.36. The number of aromatic nitrogens is 2. The van der Waals surface area contributed by atoms with Crippen LogP contribution in [-0.2, 0) is 11.2 Å². The molecule has 0 radical (unpaired) electrons. The number of amides is 2. The number of nitrogens with one attached hydrogen (secondary N) is 2. The second-order valence-corrected chi connectivity index (χ2v) is 8.14. The molecule has 28 heavy (non-hydrogen) atoms. The number of thiazole rings is 2. The number of anilines is 2. The van der Waals surface area contributed by atoms with Crippen molar-refractivity contribution in [1.29, 1.82) is 0 Å². The van der Waals surface area contributed by atoms with Crippen LogP contribution >= 0.6 is 34.3 Å². The first-order chi connectivity index (χ1) is 13.6. The first kappa shape index (κ1) is 18.5. The van der Waals surface area contributed by atoms with Crippen molar-refractivity contribution in [1.82, 2.24) is 9.97 Å². The number of fused-ring (bicyclic) bond motifs is 1. The van der Waals surface area contributed by atoms with Gasteiger partial charge in [0.1, 0.15) is 0 Å². The van der Waals surface area contributed by atoms with Crippen molar-refractivity contribution in [2.24, 2.45) is 0 Å². The molecular formula is C19H13ClN4O2S2. The molecule has 0 saturated carbocycles. The van der Waals surface area contributed by atoms with Gasteiger partial charge in [0.05, 0.1) is 22.3 Å². The van der Waals surface area contributed by atoms with Crippen molar-refractivity contribution in [3.8, 4) is 0 Å². The van der Waals surface area contributed by atoms with E-state index in [1.54, 1.807) is 29.6 Å². The van der Waals surface area contributed by atoms with Crippen LogP contribution in [0.3, 0.4) is 0 Å². The van der Waals surface area contributed by atoms with Gasteiger partial charge in [-0.25, -0.2) is 9.97 Å². The zero-order chi connectivity index (χ0) is 19.5. The van der Waals surface area contributed by atoms with Crippen LogP contribution in [0.15, 0.2) is 53.9 Å². The maximum Gasteiger partial charge on any atom is 0.257 e. The third-order valence-corrected chi connectivity index (χ3v) is 5.77. The maximum atomic E-state index is 12.3. The number of rotatable bonds is 5. The lowest BCUT2D eigenvalue weighted by molar-refractivity contribution is -0.115. The van der Waals surface area contributed by atoms with Crippen molar-refractivity contribution in [2.45, 2.75) is 6.42 Å². The zero-order valence-corrected chi connectivity index (χ0v) is 16.7. The van der Waals surface area contributed by atoms with Gasteiger partial charge in [-0.1, -0.05) is 35.1 Å². The largest absolute Gasteiger partial charge is 0.302 e. The summed E-state index contributed by atoms with van der Waals surface area (Å²) in [5, 5.41) is 8.81. The van der Waals surface area contributed by atoms with E-state index in [0.717, 1.165) is 10.2 Å². The molecule has 0 saturated heterocycles. The fourth-order valence-electron chi connectivity index (χ4n) is 2.47. The molecule has 0 fully saturated rings. The van der Waals surface area contributed by atoms with E-state index in [0.29, 0.717) is 26.5 Å². The Labute approximate surface area is 173 Å². The molecule has 0 aliphatic rings. The van der Waals surface area contributed by atoms with Gasteiger partial charge < -0.3 is 5.32 Å². The smallest absolute Gasteiger partial charge is 0.257 e. The van der Waals surface area contributed by atoms with Gasteiger partial charge in [-0.05, 0) is 36.4 Å². The molecule has 140 valence electrons. The van der Waals surface area contributed by atoms with Crippen LogP contribution in [0.1, 0.15) is 16.1 Å². The van der Waals surface area contributed by atoms with E-state index in [9.17, 15) is 9.59 Å². The van der Waals surface area contributed by atoms with Crippen molar-refractivity contribution >= 4 is 66.6 Å². The summed E-state index contributed by atoms with van der Waals surface area (Å²) in [6, 6.07) is 14.3. The monoisotopic (exact) mass is 428 g/mol. The predicted molar refractivity (Wildman–Crippen MR) is 113 cm³/mol. The fraction of sp³-hybridized carbons (Fsp3) is 0.0526. The van der Waals surface area contributed by atoms with Gasteiger partial charge in [0.25, 0.3) is 5.91 Å². The third-order valence-electron chi connectivity index (χ3n) is 3.76. The van der Waals surface area contributed by atoms with Crippen molar-refractivity contribution in [3.63, 3.8) is 0 Å². The molecule has 0 aliphatic heterocycles. The Hall–Kier alpha value is -2.81. The minimum absolute atomic E-state index is 0.100. The van der Waals surface area contributed by atoms with Crippen molar-refractivity contribution in [3.05, 3.63) is 70.2 Å². The molecule has 0 bridgehead atoms. The molecule has 2 amide bonds. The number of hydrogen-bond acceptors (Lipinski definition) is 6. The van der Waals surface area contributed by atoms with Crippen LogP contribution in [-0.4, -0.2) is 21.8 Å². The lowest BCUT2D eigenvalue weighted by Crippen LogP contribution is -2.15. The summed E-state index contributed by atoms with van der Waals surface area (Å²) in [4.78, 5) is 33.2. The van der Waals surface area contributed by atoms with Crippen LogP contribution < -0.4 is 10.6 Å². The first-order valence-corrected chi connectivity index (χ1v) is 10.3. The second-order valence-electron chi connectivity index (χ2n) is 5.82. The number of para-hydroxylation sites is 1. The summed E-state index contributed by atoms with van der Waals surface area (Å²) in [6.45, 7) is 0. The van der Waals surface area contributed by atoms with E-state index in [1.807, 2.05) is 24.3 Å². The van der Waals surface area contributed by atoms with Gasteiger partial charge in [0.15, 0.2) is 10.3 Å². The first-order valence-electron chi connectivity index (χ1n) is 8.23. The molecule has 2 heterocycles. The summed E-state index contributed by atoms with van der Waals surface area (Å²) in [7, 11) is 0. The molecule has 2 aromatic heterocycles. The fourth-order valence-corrected chi connectivity index (χ4v) is 4.18. The highest BCUT2D eigenvalue weighted by Gasteiger charge is 2.13. The number of carbonyl (C=O) groups excluding carboxylic acids is 2. The van der Waals surface area contributed by atoms with E-state index < -0.39 is 0 Å². The Morgan fingerprint density at radius 1 is 0.964 bits per heavy atom. The molecule has 2 N–H and O–H groups in total. The van der Waals surface area contributed by atoms with Crippen LogP contribution in [0.4, 0.5) is 10.3 Å². The maximum absolute atomic E-state index is 12.3. The molecule has 0 unspecified atom stereocenters. The zero-order valence-electron chi connectivity index (χ0n) is 14.3. The summed E-state index contributed by atoms with van der Waals surface area (Å²) in [6.07, 6.45) is 0.100. The van der Waals surface area contributed by atoms with Gasteiger partial charge >= 0.3 is 0 Å². The molecule has 2 aromatic carbocycles. The Balaban J connectivity index is 1.36. The van der Waals surface area contributed by atoms with Crippen molar-refractivity contribution < 1.29 is 9.59 Å². The van der Waals surface area contributed by atoms with E-state index in [4.69, 9.17) is 11.6 Å². The van der Waals surface area contributed by atoms with Crippen LogP contribution in [0.5, 0.6) is 0 Å². The van der Waals surface area contributed by atoms with Gasteiger partial charge in [-0.2, -0.15) is 0 Å². The van der Waals surface area contributed by atoms with Gasteiger partial charge in [-0.3, -0.25) is 14.9 Å². The summed E-state index contributed by atoms with van der Waals surface area (Å²) < 4.78 is 1.01. The average molecular weight is 429 g/mol. The summed E-state index contributed by atoms with van der Waals surface area (Å²) in [5.41, 5.74) is 1.91. The van der Waals surface area contributed by atoms with Gasteiger partial charge in [0.2, 0.25) is 5.91 Å². The van der Waals surface area contributed by atoms with Crippen molar-refractivity contribution in [2.75, 3.05) is 10.6 Å². The van der Waals surface area contributed by atoms with E-state index >= 15 is 0 Å². The average Bonchev–Trinajstić information content (AvgIpc) is 3.28. The quantitative estimate of drug-likeness (QED) is 0.476. The minimum atomic E-state index is -0.281. The number of hydrogen-bond donors (Lipinski definition) is 2.